The summed E-state index contributed by atoms with van der Waals surface area (Å²) in [5, 5.41) is 0. The molecule has 4 heteroatoms. The molecule has 0 aliphatic carbocycles. The maximum Gasteiger partial charge on any atom is 0.0593 e. The van der Waals surface area contributed by atoms with Crippen LogP contribution >= 0.6 is 11.8 Å². The third-order valence-electron chi connectivity index (χ3n) is 3.34. The summed E-state index contributed by atoms with van der Waals surface area (Å²) < 4.78 is 5.46. The molecule has 1 aromatic rings. The maximum absolute atomic E-state index is 6.20. The zero-order valence-corrected chi connectivity index (χ0v) is 12.3. The second kappa shape index (κ2) is 8.59. The van der Waals surface area contributed by atoms with Crippen LogP contribution in [0.5, 0.6) is 0 Å². The number of nitrogens with zero attached hydrogens (tertiary/aromatic N) is 1. The Hall–Kier alpha value is -0.550. The summed E-state index contributed by atoms with van der Waals surface area (Å²) in [6.07, 6.45) is 2.22. The van der Waals surface area contributed by atoms with Gasteiger partial charge >= 0.3 is 0 Å². The Morgan fingerprint density at radius 3 is 2.89 bits per heavy atom. The van der Waals surface area contributed by atoms with Gasteiger partial charge in [0.25, 0.3) is 0 Å². The minimum atomic E-state index is 0.273. The van der Waals surface area contributed by atoms with Gasteiger partial charge in [-0.3, -0.25) is 0 Å². The molecule has 1 aliphatic heterocycles. The van der Waals surface area contributed by atoms with Crippen molar-refractivity contribution < 1.29 is 4.74 Å². The first-order chi connectivity index (χ1) is 9.34. The van der Waals surface area contributed by atoms with Crippen LogP contribution in [0.25, 0.3) is 0 Å². The van der Waals surface area contributed by atoms with Crippen LogP contribution in [0.15, 0.2) is 35.2 Å². The van der Waals surface area contributed by atoms with E-state index in [1.807, 2.05) is 17.8 Å². The molecule has 1 heterocycles. The van der Waals surface area contributed by atoms with Gasteiger partial charge in [-0.2, -0.15) is 0 Å². The molecular weight excluding hydrogens is 256 g/mol. The van der Waals surface area contributed by atoms with Crippen LogP contribution in [-0.2, 0) is 4.74 Å². The predicted molar refractivity (Wildman–Crippen MR) is 81.6 cm³/mol. The summed E-state index contributed by atoms with van der Waals surface area (Å²) in [6, 6.07) is 10.8. The molecule has 0 spiro atoms. The average molecular weight is 280 g/mol. The zero-order valence-electron chi connectivity index (χ0n) is 11.5. The van der Waals surface area contributed by atoms with Gasteiger partial charge in [0.05, 0.1) is 6.61 Å². The molecule has 0 saturated carbocycles. The van der Waals surface area contributed by atoms with E-state index in [9.17, 15) is 0 Å². The minimum Gasteiger partial charge on any atom is -0.380 e. The molecule has 1 aliphatic rings. The normalized spacial score (nSPS) is 19.0. The van der Waals surface area contributed by atoms with Crippen molar-refractivity contribution in [1.29, 1.82) is 0 Å². The number of thioether (sulfide) groups is 1. The first-order valence-corrected chi connectivity index (χ1v) is 8.06. The van der Waals surface area contributed by atoms with Crippen LogP contribution in [-0.4, -0.2) is 49.5 Å². The molecule has 106 valence electrons. The topological polar surface area (TPSA) is 38.5 Å². The van der Waals surface area contributed by atoms with E-state index in [4.69, 9.17) is 10.5 Å². The first-order valence-electron chi connectivity index (χ1n) is 7.08. The summed E-state index contributed by atoms with van der Waals surface area (Å²) in [5.74, 6) is 0.994. The number of ether oxygens (including phenoxy) is 1. The Bertz CT molecular complexity index is 339. The van der Waals surface area contributed by atoms with Crippen LogP contribution in [0.1, 0.15) is 12.8 Å². The van der Waals surface area contributed by atoms with Crippen LogP contribution < -0.4 is 5.73 Å². The largest absolute Gasteiger partial charge is 0.380 e. The second-order valence-electron chi connectivity index (χ2n) is 4.98. The van der Waals surface area contributed by atoms with Crippen LogP contribution in [0.3, 0.4) is 0 Å². The van der Waals surface area contributed by atoms with E-state index in [-0.39, 0.29) is 6.04 Å². The van der Waals surface area contributed by atoms with Crippen molar-refractivity contribution in [3.8, 4) is 0 Å². The first kappa shape index (κ1) is 14.9. The van der Waals surface area contributed by atoms with Crippen molar-refractivity contribution in [3.05, 3.63) is 30.3 Å². The number of benzene rings is 1. The molecule has 1 fully saturated rings. The SMILES string of the molecule is N[C@H](CCN1CCCOCC1)CSc1ccccc1. The zero-order chi connectivity index (χ0) is 13.3. The van der Waals surface area contributed by atoms with Crippen molar-refractivity contribution in [3.63, 3.8) is 0 Å². The summed E-state index contributed by atoms with van der Waals surface area (Å²) in [5.41, 5.74) is 6.20. The van der Waals surface area contributed by atoms with Gasteiger partial charge in [-0.1, -0.05) is 18.2 Å². The van der Waals surface area contributed by atoms with Gasteiger partial charge in [0.2, 0.25) is 0 Å². The van der Waals surface area contributed by atoms with Gasteiger partial charge in [0.15, 0.2) is 0 Å². The third-order valence-corrected chi connectivity index (χ3v) is 4.54. The van der Waals surface area contributed by atoms with Crippen LogP contribution in [0, 0.1) is 0 Å². The highest BCUT2D eigenvalue weighted by Gasteiger charge is 2.11. The quantitative estimate of drug-likeness (QED) is 0.811. The molecule has 0 bridgehead atoms. The van der Waals surface area contributed by atoms with Crippen molar-refractivity contribution >= 4 is 11.8 Å². The molecule has 1 aromatic carbocycles. The van der Waals surface area contributed by atoms with Gasteiger partial charge in [-0.05, 0) is 31.5 Å². The lowest BCUT2D eigenvalue weighted by molar-refractivity contribution is 0.141. The number of rotatable bonds is 6. The van der Waals surface area contributed by atoms with E-state index in [0.717, 1.165) is 51.4 Å². The van der Waals surface area contributed by atoms with E-state index in [0.29, 0.717) is 0 Å². The molecule has 19 heavy (non-hydrogen) atoms. The summed E-state index contributed by atoms with van der Waals surface area (Å²) >= 11 is 1.85. The highest BCUT2D eigenvalue weighted by atomic mass is 32.2. The Balaban J connectivity index is 1.62. The Morgan fingerprint density at radius 1 is 1.21 bits per heavy atom. The molecule has 0 radical (unpaired) electrons. The average Bonchev–Trinajstić information content (AvgIpc) is 2.73. The molecular formula is C15H24N2OS. The molecule has 2 rings (SSSR count). The second-order valence-corrected chi connectivity index (χ2v) is 6.07. The smallest absolute Gasteiger partial charge is 0.0593 e. The Labute approximate surface area is 120 Å². The van der Waals surface area contributed by atoms with Crippen LogP contribution in [0.2, 0.25) is 0 Å². The van der Waals surface area contributed by atoms with Gasteiger partial charge < -0.3 is 15.4 Å². The lowest BCUT2D eigenvalue weighted by atomic mass is 10.2. The van der Waals surface area contributed by atoms with Gasteiger partial charge in [-0.25, -0.2) is 0 Å². The molecule has 0 unspecified atom stereocenters. The van der Waals surface area contributed by atoms with Crippen molar-refractivity contribution in [2.24, 2.45) is 5.73 Å². The summed E-state index contributed by atoms with van der Waals surface area (Å²) in [7, 11) is 0. The fourth-order valence-electron chi connectivity index (χ4n) is 2.17. The number of hydrogen-bond acceptors (Lipinski definition) is 4. The van der Waals surface area contributed by atoms with E-state index < -0.39 is 0 Å². The number of hydrogen-bond donors (Lipinski definition) is 1. The molecule has 3 nitrogen and oxygen atoms in total. The fourth-order valence-corrected chi connectivity index (χ4v) is 3.10. The van der Waals surface area contributed by atoms with E-state index in [1.165, 1.54) is 4.90 Å². The van der Waals surface area contributed by atoms with Gasteiger partial charge in [0, 0.05) is 36.4 Å². The van der Waals surface area contributed by atoms with E-state index in [1.54, 1.807) is 0 Å². The standard InChI is InChI=1S/C15H24N2OS/c16-14(13-19-15-5-2-1-3-6-15)7-9-17-8-4-11-18-12-10-17/h1-3,5-6,14H,4,7-13,16H2/t14-/m1/s1. The molecule has 0 aromatic heterocycles. The van der Waals surface area contributed by atoms with Crippen molar-refractivity contribution in [2.45, 2.75) is 23.8 Å². The molecule has 1 saturated heterocycles. The lowest BCUT2D eigenvalue weighted by Gasteiger charge is -2.21. The highest BCUT2D eigenvalue weighted by molar-refractivity contribution is 7.99. The van der Waals surface area contributed by atoms with E-state index in [2.05, 4.69) is 29.2 Å². The van der Waals surface area contributed by atoms with Crippen molar-refractivity contribution in [2.75, 3.05) is 38.6 Å². The lowest BCUT2D eigenvalue weighted by Crippen LogP contribution is -2.33. The van der Waals surface area contributed by atoms with E-state index >= 15 is 0 Å². The Morgan fingerprint density at radius 2 is 2.05 bits per heavy atom. The molecule has 2 N–H and O–H groups in total. The predicted octanol–water partition coefficient (Wildman–Crippen LogP) is 2.22. The van der Waals surface area contributed by atoms with Crippen molar-refractivity contribution in [1.82, 2.24) is 4.90 Å². The fraction of sp³-hybridized carbons (Fsp3) is 0.600. The van der Waals surface area contributed by atoms with Gasteiger partial charge in [0.1, 0.15) is 0 Å². The monoisotopic (exact) mass is 280 g/mol. The third kappa shape index (κ3) is 5.95. The highest BCUT2D eigenvalue weighted by Crippen LogP contribution is 2.18. The van der Waals surface area contributed by atoms with Gasteiger partial charge in [-0.15, -0.1) is 11.8 Å². The molecule has 1 atom stereocenters. The van der Waals surface area contributed by atoms with Crippen LogP contribution in [0.4, 0.5) is 0 Å². The maximum atomic E-state index is 6.20. The summed E-state index contributed by atoms with van der Waals surface area (Å²) in [6.45, 7) is 5.08. The Kier molecular flexibility index (Phi) is 6.71. The summed E-state index contributed by atoms with van der Waals surface area (Å²) in [4.78, 5) is 3.78. The molecule has 0 amide bonds. The minimum absolute atomic E-state index is 0.273. The number of nitrogens with two attached hydrogens (primary N) is 1.